The summed E-state index contributed by atoms with van der Waals surface area (Å²) in [5, 5.41) is 11.4. The van der Waals surface area contributed by atoms with Crippen molar-refractivity contribution in [3.05, 3.63) is 29.1 Å². The van der Waals surface area contributed by atoms with Crippen LogP contribution in [0.3, 0.4) is 0 Å². The number of anilines is 1. The van der Waals surface area contributed by atoms with Gasteiger partial charge in [0.05, 0.1) is 11.6 Å². The summed E-state index contributed by atoms with van der Waals surface area (Å²) in [7, 11) is 0. The third-order valence-electron chi connectivity index (χ3n) is 3.02. The Bertz CT molecular complexity index is 520. The maximum absolute atomic E-state index is 13.5. The molecule has 19 heavy (non-hydrogen) atoms. The fourth-order valence-electron chi connectivity index (χ4n) is 1.52. The number of nitrogens with one attached hydrogen (secondary N) is 1. The van der Waals surface area contributed by atoms with Crippen LogP contribution in [0.1, 0.15) is 31.4 Å². The smallest absolute Gasteiger partial charge is 0.225 e. The molecule has 0 heterocycles. The standard InChI is InChI=1S/C14H18FN3O/c1-8(2)12(17)6-14(19)18-13-5-10(7-16)4-11(15)9(13)3/h4-5,8,12H,6,17H2,1-3H3,(H,18,19). The van der Waals surface area contributed by atoms with Crippen molar-refractivity contribution in [2.75, 3.05) is 5.32 Å². The zero-order valence-electron chi connectivity index (χ0n) is 11.3. The van der Waals surface area contributed by atoms with Crippen LogP contribution in [0, 0.1) is 30.0 Å². The second-order valence-corrected chi connectivity index (χ2v) is 4.90. The molecule has 0 aliphatic carbocycles. The van der Waals surface area contributed by atoms with E-state index in [1.165, 1.54) is 6.07 Å². The highest BCUT2D eigenvalue weighted by molar-refractivity contribution is 5.92. The van der Waals surface area contributed by atoms with Crippen molar-refractivity contribution in [1.29, 1.82) is 5.26 Å². The molecule has 1 atom stereocenters. The molecule has 0 saturated heterocycles. The zero-order chi connectivity index (χ0) is 14.6. The van der Waals surface area contributed by atoms with Gasteiger partial charge in [0.15, 0.2) is 0 Å². The van der Waals surface area contributed by atoms with Gasteiger partial charge in [0.2, 0.25) is 5.91 Å². The molecule has 102 valence electrons. The van der Waals surface area contributed by atoms with Crippen molar-refractivity contribution < 1.29 is 9.18 Å². The maximum Gasteiger partial charge on any atom is 0.225 e. The maximum atomic E-state index is 13.5. The minimum atomic E-state index is -0.512. The summed E-state index contributed by atoms with van der Waals surface area (Å²) in [4.78, 5) is 11.8. The van der Waals surface area contributed by atoms with Gasteiger partial charge in [-0.15, -0.1) is 0 Å². The lowest BCUT2D eigenvalue weighted by molar-refractivity contribution is -0.116. The number of nitrogens with two attached hydrogens (primary N) is 1. The molecular formula is C14H18FN3O. The van der Waals surface area contributed by atoms with E-state index < -0.39 is 5.82 Å². The summed E-state index contributed by atoms with van der Waals surface area (Å²) in [5.74, 6) is -0.602. The van der Waals surface area contributed by atoms with E-state index in [1.54, 1.807) is 6.92 Å². The first-order valence-corrected chi connectivity index (χ1v) is 6.10. The van der Waals surface area contributed by atoms with Crippen LogP contribution in [-0.4, -0.2) is 11.9 Å². The van der Waals surface area contributed by atoms with Gasteiger partial charge in [-0.05, 0) is 25.0 Å². The van der Waals surface area contributed by atoms with Gasteiger partial charge < -0.3 is 11.1 Å². The number of amides is 1. The van der Waals surface area contributed by atoms with E-state index in [0.717, 1.165) is 6.07 Å². The quantitative estimate of drug-likeness (QED) is 0.875. The fourth-order valence-corrected chi connectivity index (χ4v) is 1.52. The normalized spacial score (nSPS) is 12.1. The average Bonchev–Trinajstić information content (AvgIpc) is 2.34. The van der Waals surface area contributed by atoms with E-state index in [4.69, 9.17) is 11.0 Å². The summed E-state index contributed by atoms with van der Waals surface area (Å²) in [6, 6.07) is 4.20. The molecular weight excluding hydrogens is 245 g/mol. The molecule has 0 bridgehead atoms. The van der Waals surface area contributed by atoms with E-state index in [9.17, 15) is 9.18 Å². The van der Waals surface area contributed by atoms with Gasteiger partial charge in [0, 0.05) is 23.7 Å². The van der Waals surface area contributed by atoms with Crippen LogP contribution in [0.15, 0.2) is 12.1 Å². The Morgan fingerprint density at radius 3 is 2.68 bits per heavy atom. The van der Waals surface area contributed by atoms with Crippen molar-refractivity contribution in [2.45, 2.75) is 33.2 Å². The zero-order valence-corrected chi connectivity index (χ0v) is 11.3. The summed E-state index contributed by atoms with van der Waals surface area (Å²) in [5.41, 5.74) is 6.61. The number of carbonyl (C=O) groups is 1. The Morgan fingerprint density at radius 2 is 2.16 bits per heavy atom. The third-order valence-corrected chi connectivity index (χ3v) is 3.02. The molecule has 1 unspecified atom stereocenters. The summed E-state index contributed by atoms with van der Waals surface area (Å²) >= 11 is 0. The van der Waals surface area contributed by atoms with Gasteiger partial charge in [-0.25, -0.2) is 4.39 Å². The predicted octanol–water partition coefficient (Wildman–Crippen LogP) is 2.32. The first-order valence-electron chi connectivity index (χ1n) is 6.10. The van der Waals surface area contributed by atoms with E-state index >= 15 is 0 Å². The molecule has 0 aromatic heterocycles. The number of nitriles is 1. The number of carbonyl (C=O) groups excluding carboxylic acids is 1. The van der Waals surface area contributed by atoms with Gasteiger partial charge in [0.1, 0.15) is 5.82 Å². The summed E-state index contributed by atoms with van der Waals surface area (Å²) < 4.78 is 13.5. The first kappa shape index (κ1) is 15.1. The minimum absolute atomic E-state index is 0.162. The van der Waals surface area contributed by atoms with Crippen molar-refractivity contribution in [3.63, 3.8) is 0 Å². The van der Waals surface area contributed by atoms with Crippen molar-refractivity contribution in [3.8, 4) is 6.07 Å². The number of halogens is 1. The molecule has 1 aromatic rings. The van der Waals surface area contributed by atoms with Gasteiger partial charge in [-0.3, -0.25) is 4.79 Å². The third kappa shape index (κ3) is 4.04. The van der Waals surface area contributed by atoms with Crippen molar-refractivity contribution in [1.82, 2.24) is 0 Å². The highest BCUT2D eigenvalue weighted by Crippen LogP contribution is 2.20. The minimum Gasteiger partial charge on any atom is -0.327 e. The molecule has 0 radical (unpaired) electrons. The Kier molecular flexibility index (Phi) is 5.02. The van der Waals surface area contributed by atoms with Gasteiger partial charge in [-0.2, -0.15) is 5.26 Å². The SMILES string of the molecule is Cc1c(F)cc(C#N)cc1NC(=O)CC(N)C(C)C. The number of rotatable bonds is 4. The molecule has 0 aliphatic heterocycles. The van der Waals surface area contributed by atoms with Gasteiger partial charge in [0.25, 0.3) is 0 Å². The van der Waals surface area contributed by atoms with Crippen LogP contribution in [0.4, 0.5) is 10.1 Å². The molecule has 0 fully saturated rings. The monoisotopic (exact) mass is 263 g/mol. The second-order valence-electron chi connectivity index (χ2n) is 4.90. The van der Waals surface area contributed by atoms with Crippen LogP contribution >= 0.6 is 0 Å². The molecule has 3 N–H and O–H groups in total. The molecule has 0 aliphatic rings. The molecule has 0 spiro atoms. The topological polar surface area (TPSA) is 78.9 Å². The van der Waals surface area contributed by atoms with Crippen molar-refractivity contribution >= 4 is 11.6 Å². The fraction of sp³-hybridized carbons (Fsp3) is 0.429. The van der Waals surface area contributed by atoms with E-state index in [-0.39, 0.29) is 29.9 Å². The number of hydrogen-bond donors (Lipinski definition) is 2. The molecule has 5 heteroatoms. The number of hydrogen-bond acceptors (Lipinski definition) is 3. The van der Waals surface area contributed by atoms with Gasteiger partial charge in [-0.1, -0.05) is 13.8 Å². The molecule has 1 amide bonds. The summed E-state index contributed by atoms with van der Waals surface area (Å²) in [6.07, 6.45) is 0.162. The van der Waals surface area contributed by atoms with E-state index in [1.807, 2.05) is 19.9 Å². The second kappa shape index (κ2) is 6.30. The van der Waals surface area contributed by atoms with Crippen molar-refractivity contribution in [2.24, 2.45) is 11.7 Å². The molecule has 0 saturated carbocycles. The predicted molar refractivity (Wildman–Crippen MR) is 71.9 cm³/mol. The van der Waals surface area contributed by atoms with Crippen LogP contribution < -0.4 is 11.1 Å². The van der Waals surface area contributed by atoms with Crippen LogP contribution in [0.2, 0.25) is 0 Å². The van der Waals surface area contributed by atoms with Crippen LogP contribution in [0.5, 0.6) is 0 Å². The number of benzene rings is 1. The highest BCUT2D eigenvalue weighted by Gasteiger charge is 2.15. The largest absolute Gasteiger partial charge is 0.327 e. The lowest BCUT2D eigenvalue weighted by Gasteiger charge is -2.16. The van der Waals surface area contributed by atoms with E-state index in [0.29, 0.717) is 11.3 Å². The average molecular weight is 263 g/mol. The van der Waals surface area contributed by atoms with Crippen LogP contribution in [-0.2, 0) is 4.79 Å². The first-order chi connectivity index (χ1) is 8.85. The van der Waals surface area contributed by atoms with Gasteiger partial charge >= 0.3 is 0 Å². The molecule has 4 nitrogen and oxygen atoms in total. The van der Waals surface area contributed by atoms with E-state index in [2.05, 4.69) is 5.32 Å². The lowest BCUT2D eigenvalue weighted by atomic mass is 10.0. The Balaban J connectivity index is 2.85. The Morgan fingerprint density at radius 1 is 1.53 bits per heavy atom. The highest BCUT2D eigenvalue weighted by atomic mass is 19.1. The Hall–Kier alpha value is -1.93. The Labute approximate surface area is 112 Å². The molecule has 1 aromatic carbocycles. The molecule has 1 rings (SSSR count). The lowest BCUT2D eigenvalue weighted by Crippen LogP contribution is -2.31. The summed E-state index contributed by atoms with van der Waals surface area (Å²) in [6.45, 7) is 5.41. The number of nitrogens with zero attached hydrogens (tertiary/aromatic N) is 1. The van der Waals surface area contributed by atoms with Crippen LogP contribution in [0.25, 0.3) is 0 Å².